The van der Waals surface area contributed by atoms with Crippen LogP contribution in [0.1, 0.15) is 13.3 Å². The van der Waals surface area contributed by atoms with Gasteiger partial charge < -0.3 is 9.84 Å². The normalized spacial score (nSPS) is 35.2. The Balaban J connectivity index is 1.99. The van der Waals surface area contributed by atoms with Gasteiger partial charge in [0, 0.05) is 19.1 Å². The highest BCUT2D eigenvalue weighted by atomic mass is 16.5. The van der Waals surface area contributed by atoms with Crippen LogP contribution in [0.5, 0.6) is 0 Å². The second-order valence-electron chi connectivity index (χ2n) is 2.17. The fourth-order valence-corrected chi connectivity index (χ4v) is 0.830. The third-order valence-electron chi connectivity index (χ3n) is 1.47. The van der Waals surface area contributed by atoms with Crippen molar-refractivity contribution in [3.8, 4) is 0 Å². The van der Waals surface area contributed by atoms with Gasteiger partial charge in [0.05, 0.1) is 6.10 Å². The van der Waals surface area contributed by atoms with Crippen molar-refractivity contribution in [2.24, 2.45) is 5.92 Å². The topological polar surface area (TPSA) is 29.5 Å². The molecule has 1 fully saturated rings. The van der Waals surface area contributed by atoms with Crippen LogP contribution < -0.4 is 0 Å². The molecule has 2 atom stereocenters. The van der Waals surface area contributed by atoms with Gasteiger partial charge in [0.25, 0.3) is 0 Å². The summed E-state index contributed by atoms with van der Waals surface area (Å²) in [6, 6.07) is 0. The Labute approximate surface area is 49.5 Å². The molecule has 0 spiro atoms. The Kier molecular flexibility index (Phi) is 1.86. The van der Waals surface area contributed by atoms with Crippen molar-refractivity contribution in [1.82, 2.24) is 0 Å². The summed E-state index contributed by atoms with van der Waals surface area (Å²) in [4.78, 5) is 0. The predicted molar refractivity (Wildman–Crippen MR) is 30.6 cm³/mol. The number of hydrogen-bond donors (Lipinski definition) is 1. The van der Waals surface area contributed by atoms with E-state index in [4.69, 9.17) is 9.84 Å². The molecule has 0 heterocycles. The first-order valence-electron chi connectivity index (χ1n) is 3.11. The Morgan fingerprint density at radius 3 is 2.88 bits per heavy atom. The number of aliphatic hydroxyl groups excluding tert-OH is 1. The van der Waals surface area contributed by atoms with Crippen molar-refractivity contribution in [1.29, 1.82) is 0 Å². The van der Waals surface area contributed by atoms with Gasteiger partial charge in [-0.1, -0.05) is 0 Å². The zero-order valence-electron chi connectivity index (χ0n) is 5.13. The second kappa shape index (κ2) is 2.46. The molecule has 1 aliphatic carbocycles. The lowest BCUT2D eigenvalue weighted by molar-refractivity contribution is 0.110. The first kappa shape index (κ1) is 6.05. The van der Waals surface area contributed by atoms with E-state index >= 15 is 0 Å². The van der Waals surface area contributed by atoms with Gasteiger partial charge in [-0.2, -0.15) is 0 Å². The maximum absolute atomic E-state index is 8.52. The minimum atomic E-state index is 0.296. The first-order chi connectivity index (χ1) is 3.88. The van der Waals surface area contributed by atoms with Crippen LogP contribution >= 0.6 is 0 Å². The van der Waals surface area contributed by atoms with Crippen molar-refractivity contribution >= 4 is 0 Å². The quantitative estimate of drug-likeness (QED) is 0.578. The summed E-state index contributed by atoms with van der Waals surface area (Å²) in [6.45, 7) is 3.05. The average Bonchev–Trinajstić information content (AvgIpc) is 2.48. The molecular weight excluding hydrogens is 104 g/mol. The molecule has 1 saturated carbocycles. The maximum Gasteiger partial charge on any atom is 0.0630 e. The van der Waals surface area contributed by atoms with E-state index in [1.165, 1.54) is 0 Å². The van der Waals surface area contributed by atoms with E-state index in [0.29, 0.717) is 18.6 Å². The average molecular weight is 116 g/mol. The number of rotatable bonds is 3. The van der Waals surface area contributed by atoms with Crippen molar-refractivity contribution in [2.45, 2.75) is 19.4 Å². The van der Waals surface area contributed by atoms with Crippen LogP contribution in [0.3, 0.4) is 0 Å². The highest BCUT2D eigenvalue weighted by Crippen LogP contribution is 2.32. The van der Waals surface area contributed by atoms with Crippen LogP contribution in [-0.4, -0.2) is 24.4 Å². The summed E-state index contributed by atoms with van der Waals surface area (Å²) in [6.07, 6.45) is 1.44. The van der Waals surface area contributed by atoms with Gasteiger partial charge in [0.1, 0.15) is 0 Å². The Hall–Kier alpha value is -0.0800. The molecule has 0 bridgehead atoms. The van der Waals surface area contributed by atoms with Crippen LogP contribution in [0.4, 0.5) is 0 Å². The molecule has 0 saturated heterocycles. The number of hydrogen-bond acceptors (Lipinski definition) is 2. The lowest BCUT2D eigenvalue weighted by atomic mass is 10.5. The molecule has 0 aromatic heterocycles. The highest BCUT2D eigenvalue weighted by molar-refractivity contribution is 4.86. The van der Waals surface area contributed by atoms with Crippen LogP contribution in [0.15, 0.2) is 0 Å². The van der Waals surface area contributed by atoms with Crippen molar-refractivity contribution in [3.63, 3.8) is 0 Å². The van der Waals surface area contributed by atoms with E-state index in [0.717, 1.165) is 13.0 Å². The van der Waals surface area contributed by atoms with E-state index in [-0.39, 0.29) is 0 Å². The molecule has 0 aromatic carbocycles. The summed E-state index contributed by atoms with van der Waals surface area (Å²) in [5.41, 5.74) is 0. The molecule has 1 aliphatic rings. The smallest absolute Gasteiger partial charge is 0.0630 e. The van der Waals surface area contributed by atoms with E-state index in [1.807, 2.05) is 6.92 Å². The van der Waals surface area contributed by atoms with Crippen LogP contribution in [0.25, 0.3) is 0 Å². The van der Waals surface area contributed by atoms with Crippen LogP contribution in [-0.2, 0) is 4.74 Å². The Morgan fingerprint density at radius 1 is 1.75 bits per heavy atom. The molecule has 2 heteroatoms. The fourth-order valence-electron chi connectivity index (χ4n) is 0.830. The number of ether oxygens (including phenoxy) is 1. The minimum Gasteiger partial charge on any atom is -0.396 e. The van der Waals surface area contributed by atoms with Gasteiger partial charge in [0.15, 0.2) is 0 Å². The maximum atomic E-state index is 8.52. The van der Waals surface area contributed by atoms with Gasteiger partial charge in [-0.15, -0.1) is 0 Å². The Bertz CT molecular complexity index is 72.9. The van der Waals surface area contributed by atoms with Crippen LogP contribution in [0.2, 0.25) is 0 Å². The lowest BCUT2D eigenvalue weighted by Crippen LogP contribution is -1.98. The molecule has 0 amide bonds. The van der Waals surface area contributed by atoms with Crippen molar-refractivity contribution in [3.05, 3.63) is 0 Å². The van der Waals surface area contributed by atoms with Gasteiger partial charge in [-0.05, 0) is 13.3 Å². The van der Waals surface area contributed by atoms with Gasteiger partial charge in [-0.25, -0.2) is 0 Å². The lowest BCUT2D eigenvalue weighted by Gasteiger charge is -1.94. The zero-order valence-corrected chi connectivity index (χ0v) is 5.13. The molecule has 0 aliphatic heterocycles. The van der Waals surface area contributed by atoms with E-state index in [9.17, 15) is 0 Å². The summed E-state index contributed by atoms with van der Waals surface area (Å²) in [5, 5.41) is 8.52. The molecule has 1 rings (SSSR count). The van der Waals surface area contributed by atoms with Crippen molar-refractivity contribution in [2.75, 3.05) is 13.2 Å². The molecule has 0 aromatic rings. The van der Waals surface area contributed by atoms with E-state index in [2.05, 4.69) is 0 Å². The monoisotopic (exact) mass is 116 g/mol. The zero-order chi connectivity index (χ0) is 5.98. The largest absolute Gasteiger partial charge is 0.396 e. The summed E-state index contributed by atoms with van der Waals surface area (Å²) >= 11 is 0. The summed E-state index contributed by atoms with van der Waals surface area (Å²) in [7, 11) is 0. The molecule has 8 heavy (non-hydrogen) atoms. The molecular formula is C6H12O2. The third kappa shape index (κ3) is 1.20. The van der Waals surface area contributed by atoms with Gasteiger partial charge in [0.2, 0.25) is 0 Å². The van der Waals surface area contributed by atoms with Crippen LogP contribution in [0, 0.1) is 5.92 Å². The SMILES string of the molecule is CCO[C@H]1C[C@H]1CO. The first-order valence-corrected chi connectivity index (χ1v) is 3.11. The molecule has 1 N–H and O–H groups in total. The fraction of sp³-hybridized carbons (Fsp3) is 1.00. The van der Waals surface area contributed by atoms with E-state index in [1.54, 1.807) is 0 Å². The molecule has 0 unspecified atom stereocenters. The summed E-state index contributed by atoms with van der Waals surface area (Å²) < 4.78 is 5.20. The second-order valence-corrected chi connectivity index (χ2v) is 2.17. The molecule has 0 radical (unpaired) electrons. The van der Waals surface area contributed by atoms with E-state index < -0.39 is 0 Å². The van der Waals surface area contributed by atoms with Crippen molar-refractivity contribution < 1.29 is 9.84 Å². The molecule has 48 valence electrons. The summed E-state index contributed by atoms with van der Waals surface area (Å²) in [5.74, 6) is 0.454. The number of aliphatic hydroxyl groups is 1. The Morgan fingerprint density at radius 2 is 2.50 bits per heavy atom. The third-order valence-corrected chi connectivity index (χ3v) is 1.47. The van der Waals surface area contributed by atoms with Gasteiger partial charge >= 0.3 is 0 Å². The highest BCUT2D eigenvalue weighted by Gasteiger charge is 2.36. The minimum absolute atomic E-state index is 0.296. The molecule has 2 nitrogen and oxygen atoms in total. The standard InChI is InChI=1S/C6H12O2/c1-2-8-6-3-5(6)4-7/h5-7H,2-4H2,1H3/t5-,6-/m0/s1. The predicted octanol–water partition coefficient (Wildman–Crippen LogP) is 0.404. The van der Waals surface area contributed by atoms with Gasteiger partial charge in [-0.3, -0.25) is 0 Å².